The first-order chi connectivity index (χ1) is 20.7. The van der Waals surface area contributed by atoms with Crippen molar-refractivity contribution >= 4 is 39.3 Å². The number of hydrogen-bond donors (Lipinski definition) is 2. The molecule has 0 amide bonds. The summed E-state index contributed by atoms with van der Waals surface area (Å²) in [6, 6.07) is 20.5. The van der Waals surface area contributed by atoms with Crippen LogP contribution in [-0.2, 0) is 13.1 Å². The second-order valence-electron chi connectivity index (χ2n) is 9.66. The van der Waals surface area contributed by atoms with Crippen LogP contribution in [0.25, 0.3) is 0 Å². The number of aromatic carboxylic acids is 1. The summed E-state index contributed by atoms with van der Waals surface area (Å²) in [5.41, 5.74) is 2.81. The molecule has 1 heterocycles. The van der Waals surface area contributed by atoms with E-state index in [0.717, 1.165) is 40.1 Å². The van der Waals surface area contributed by atoms with Crippen molar-refractivity contribution in [1.82, 2.24) is 10.3 Å². The van der Waals surface area contributed by atoms with Gasteiger partial charge in [-0.25, -0.2) is 14.2 Å². The van der Waals surface area contributed by atoms with Crippen LogP contribution in [0.3, 0.4) is 0 Å². The van der Waals surface area contributed by atoms with Gasteiger partial charge in [-0.3, -0.25) is 0 Å². The SMILES string of the molecule is COc1ccc(CN(Cc2ccc(OC)cc2)c2ncccc2C(C)NCCOc2c(C(=O)O)cc(F)c(Br)c2Cl)cc1. The number of rotatable bonds is 14. The summed E-state index contributed by atoms with van der Waals surface area (Å²) in [5.74, 6) is 0.179. The Labute approximate surface area is 263 Å². The maximum atomic E-state index is 14.0. The van der Waals surface area contributed by atoms with E-state index in [1.165, 1.54) is 0 Å². The lowest BCUT2D eigenvalue weighted by atomic mass is 10.1. The average Bonchev–Trinajstić information content (AvgIpc) is 3.02. The van der Waals surface area contributed by atoms with Crippen LogP contribution < -0.4 is 24.4 Å². The molecule has 0 fully saturated rings. The molecule has 11 heteroatoms. The van der Waals surface area contributed by atoms with Gasteiger partial charge in [0, 0.05) is 37.4 Å². The molecule has 3 aromatic carbocycles. The summed E-state index contributed by atoms with van der Waals surface area (Å²) in [6.45, 7) is 3.68. The first-order valence-corrected chi connectivity index (χ1v) is 14.6. The number of aromatic nitrogens is 1. The van der Waals surface area contributed by atoms with E-state index < -0.39 is 11.8 Å². The first kappa shape index (κ1) is 32.1. The molecule has 0 aliphatic rings. The van der Waals surface area contributed by atoms with E-state index in [4.69, 9.17) is 30.8 Å². The fraction of sp³-hybridized carbons (Fsp3) is 0.250. The molecule has 0 radical (unpaired) electrons. The van der Waals surface area contributed by atoms with Gasteiger partial charge in [0.15, 0.2) is 5.75 Å². The van der Waals surface area contributed by atoms with E-state index >= 15 is 0 Å². The summed E-state index contributed by atoms with van der Waals surface area (Å²) in [5, 5.41) is 12.8. The smallest absolute Gasteiger partial charge is 0.339 e. The van der Waals surface area contributed by atoms with Gasteiger partial charge in [0.25, 0.3) is 0 Å². The van der Waals surface area contributed by atoms with Crippen molar-refractivity contribution in [2.24, 2.45) is 0 Å². The van der Waals surface area contributed by atoms with Gasteiger partial charge >= 0.3 is 5.97 Å². The standard InChI is InChI=1S/C32H32BrClFN3O5/c1-20(36-15-16-43-30-26(32(39)40)17-27(35)28(33)29(30)34)25-5-4-14-37-31(25)38(18-21-6-10-23(41-2)11-7-21)19-22-8-12-24(42-3)13-9-22/h4-14,17,20,36H,15-16,18-19H2,1-3H3,(H,39,40). The van der Waals surface area contributed by atoms with Crippen molar-refractivity contribution in [2.45, 2.75) is 26.1 Å². The van der Waals surface area contributed by atoms with Crippen LogP contribution in [0.2, 0.25) is 5.02 Å². The predicted molar refractivity (Wildman–Crippen MR) is 168 cm³/mol. The molecule has 8 nitrogen and oxygen atoms in total. The highest BCUT2D eigenvalue weighted by atomic mass is 79.9. The fourth-order valence-electron chi connectivity index (χ4n) is 4.54. The Morgan fingerprint density at radius 3 is 2.16 bits per heavy atom. The van der Waals surface area contributed by atoms with Crippen molar-refractivity contribution in [3.05, 3.63) is 110 Å². The third-order valence-corrected chi connectivity index (χ3v) is 8.16. The van der Waals surface area contributed by atoms with Gasteiger partial charge in [-0.05, 0) is 70.4 Å². The van der Waals surface area contributed by atoms with Crippen molar-refractivity contribution in [3.8, 4) is 17.2 Å². The second kappa shape index (κ2) is 15.0. The van der Waals surface area contributed by atoms with Crippen molar-refractivity contribution in [2.75, 3.05) is 32.3 Å². The molecule has 0 saturated carbocycles. The van der Waals surface area contributed by atoms with Crippen molar-refractivity contribution < 1.29 is 28.5 Å². The van der Waals surface area contributed by atoms with E-state index in [1.54, 1.807) is 20.4 Å². The number of carbonyl (C=O) groups is 1. The lowest BCUT2D eigenvalue weighted by Crippen LogP contribution is -2.29. The minimum atomic E-state index is -1.33. The van der Waals surface area contributed by atoms with Gasteiger partial charge < -0.3 is 29.5 Å². The number of methoxy groups -OCH3 is 2. The number of ether oxygens (including phenoxy) is 3. The second-order valence-corrected chi connectivity index (χ2v) is 10.8. The van der Waals surface area contributed by atoms with E-state index in [-0.39, 0.29) is 33.5 Å². The van der Waals surface area contributed by atoms with Crippen LogP contribution in [0, 0.1) is 5.82 Å². The minimum absolute atomic E-state index is 0.0516. The van der Waals surface area contributed by atoms with E-state index in [2.05, 4.69) is 26.1 Å². The highest BCUT2D eigenvalue weighted by Crippen LogP contribution is 2.37. The Morgan fingerprint density at radius 2 is 1.63 bits per heavy atom. The molecule has 43 heavy (non-hydrogen) atoms. The number of halogens is 3. The van der Waals surface area contributed by atoms with Crippen LogP contribution in [0.15, 0.2) is 77.4 Å². The van der Waals surface area contributed by atoms with Gasteiger partial charge in [-0.1, -0.05) is 41.9 Å². The highest BCUT2D eigenvalue weighted by Gasteiger charge is 2.22. The van der Waals surface area contributed by atoms with Crippen molar-refractivity contribution in [3.63, 3.8) is 0 Å². The Morgan fingerprint density at radius 1 is 1.05 bits per heavy atom. The van der Waals surface area contributed by atoms with E-state index in [9.17, 15) is 14.3 Å². The number of anilines is 1. The fourth-order valence-corrected chi connectivity index (χ4v) is 5.08. The molecule has 4 rings (SSSR count). The quantitative estimate of drug-likeness (QED) is 0.107. The molecule has 4 aromatic rings. The van der Waals surface area contributed by atoms with Crippen LogP contribution in [-0.4, -0.2) is 43.4 Å². The van der Waals surface area contributed by atoms with Crippen LogP contribution in [0.1, 0.15) is 40.0 Å². The Kier molecular flexibility index (Phi) is 11.2. The number of carboxylic acids is 1. The van der Waals surface area contributed by atoms with Gasteiger partial charge in [0.1, 0.15) is 40.3 Å². The molecule has 0 aliphatic carbocycles. The molecular weight excluding hydrogens is 641 g/mol. The lowest BCUT2D eigenvalue weighted by molar-refractivity contribution is 0.0691. The van der Waals surface area contributed by atoms with Crippen LogP contribution in [0.4, 0.5) is 10.2 Å². The summed E-state index contributed by atoms with van der Waals surface area (Å²) < 4.78 is 30.3. The first-order valence-electron chi connectivity index (χ1n) is 13.4. The van der Waals surface area contributed by atoms with E-state index in [0.29, 0.717) is 19.6 Å². The molecule has 0 bridgehead atoms. The maximum Gasteiger partial charge on any atom is 0.339 e. The van der Waals surface area contributed by atoms with Gasteiger partial charge in [0.2, 0.25) is 0 Å². The van der Waals surface area contributed by atoms with Gasteiger partial charge in [-0.15, -0.1) is 0 Å². The third kappa shape index (κ3) is 8.16. The topological polar surface area (TPSA) is 93.2 Å². The number of benzene rings is 3. The van der Waals surface area contributed by atoms with Gasteiger partial charge in [-0.2, -0.15) is 0 Å². The Balaban J connectivity index is 1.52. The molecule has 0 aliphatic heterocycles. The van der Waals surface area contributed by atoms with Crippen molar-refractivity contribution in [1.29, 1.82) is 0 Å². The molecule has 0 saturated heterocycles. The molecule has 1 atom stereocenters. The number of carboxylic acid groups (broad SMARTS) is 1. The monoisotopic (exact) mass is 671 g/mol. The Hall–Kier alpha value is -3.86. The third-order valence-electron chi connectivity index (χ3n) is 6.79. The maximum absolute atomic E-state index is 14.0. The summed E-state index contributed by atoms with van der Waals surface area (Å²) in [7, 11) is 3.28. The Bertz CT molecular complexity index is 1490. The van der Waals surface area contributed by atoms with Gasteiger partial charge in [0.05, 0.1) is 18.7 Å². The zero-order valence-electron chi connectivity index (χ0n) is 23.9. The molecule has 1 unspecified atom stereocenters. The number of nitrogens with one attached hydrogen (secondary N) is 1. The van der Waals surface area contributed by atoms with E-state index in [1.807, 2.05) is 67.6 Å². The minimum Gasteiger partial charge on any atom is -0.497 e. The van der Waals surface area contributed by atoms with Crippen LogP contribution in [0.5, 0.6) is 17.2 Å². The lowest BCUT2D eigenvalue weighted by Gasteiger charge is -2.28. The summed E-state index contributed by atoms with van der Waals surface area (Å²) in [6.07, 6.45) is 1.77. The zero-order valence-corrected chi connectivity index (χ0v) is 26.3. The summed E-state index contributed by atoms with van der Waals surface area (Å²) in [4.78, 5) is 18.6. The molecule has 2 N–H and O–H groups in total. The number of hydrogen-bond acceptors (Lipinski definition) is 7. The normalized spacial score (nSPS) is 11.6. The van der Waals surface area contributed by atoms with Crippen LogP contribution >= 0.6 is 27.5 Å². The predicted octanol–water partition coefficient (Wildman–Crippen LogP) is 7.29. The molecule has 0 spiro atoms. The summed E-state index contributed by atoms with van der Waals surface area (Å²) >= 11 is 9.22. The molecule has 226 valence electrons. The molecule has 1 aromatic heterocycles. The highest BCUT2D eigenvalue weighted by molar-refractivity contribution is 9.10. The largest absolute Gasteiger partial charge is 0.497 e. The zero-order chi connectivity index (χ0) is 30.9. The molecular formula is C32H32BrClFN3O5. The number of pyridine rings is 1. The number of nitrogens with zero attached hydrogens (tertiary/aromatic N) is 2. The average molecular weight is 673 g/mol.